The van der Waals surface area contributed by atoms with E-state index in [9.17, 15) is 0 Å². The highest BCUT2D eigenvalue weighted by atomic mass is 14.9. The number of nitrogen functional groups attached to an aromatic ring is 1. The molecule has 0 atom stereocenters. The van der Waals surface area contributed by atoms with E-state index >= 15 is 0 Å². The molecule has 0 aliphatic rings. The smallest absolute Gasteiger partial charge is 0.130 e. The van der Waals surface area contributed by atoms with Crippen LogP contribution in [0.2, 0.25) is 0 Å². The van der Waals surface area contributed by atoms with Gasteiger partial charge in [0.15, 0.2) is 0 Å². The fourth-order valence-corrected chi connectivity index (χ4v) is 2.41. The second kappa shape index (κ2) is 5.00. The maximum Gasteiger partial charge on any atom is 0.130 e. The van der Waals surface area contributed by atoms with Crippen LogP contribution in [0.4, 0.5) is 5.82 Å². The van der Waals surface area contributed by atoms with Crippen LogP contribution in [0.25, 0.3) is 11.3 Å². The number of rotatable bonds is 2. The summed E-state index contributed by atoms with van der Waals surface area (Å²) >= 11 is 0. The van der Waals surface area contributed by atoms with E-state index in [1.54, 1.807) is 6.33 Å². The predicted octanol–water partition coefficient (Wildman–Crippen LogP) is 3.77. The molecule has 2 aromatic rings. The van der Waals surface area contributed by atoms with Gasteiger partial charge >= 0.3 is 0 Å². The normalized spacial score (nSPS) is 11.1. The molecule has 0 saturated carbocycles. The number of benzene rings is 1. The Labute approximate surface area is 114 Å². The van der Waals surface area contributed by atoms with Gasteiger partial charge in [-0.2, -0.15) is 0 Å². The van der Waals surface area contributed by atoms with Crippen LogP contribution in [0.1, 0.15) is 42.0 Å². The Morgan fingerprint density at radius 3 is 2.21 bits per heavy atom. The first kappa shape index (κ1) is 13.5. The molecule has 0 fully saturated rings. The van der Waals surface area contributed by atoms with Crippen molar-refractivity contribution in [3.8, 4) is 11.3 Å². The molecule has 0 aliphatic carbocycles. The van der Waals surface area contributed by atoms with Crippen molar-refractivity contribution in [3.05, 3.63) is 40.7 Å². The van der Waals surface area contributed by atoms with Crippen molar-refractivity contribution in [1.29, 1.82) is 0 Å². The fourth-order valence-electron chi connectivity index (χ4n) is 2.41. The van der Waals surface area contributed by atoms with Gasteiger partial charge in [-0.15, -0.1) is 0 Å². The van der Waals surface area contributed by atoms with E-state index in [4.69, 9.17) is 5.73 Å². The van der Waals surface area contributed by atoms with Gasteiger partial charge < -0.3 is 5.73 Å². The Hall–Kier alpha value is -1.90. The summed E-state index contributed by atoms with van der Waals surface area (Å²) in [5.74, 6) is 0.884. The highest BCUT2D eigenvalue weighted by molar-refractivity contribution is 5.72. The Balaban J connectivity index is 2.72. The van der Waals surface area contributed by atoms with Gasteiger partial charge in [0.2, 0.25) is 0 Å². The lowest BCUT2D eigenvalue weighted by Gasteiger charge is -2.16. The number of hydrogen-bond acceptors (Lipinski definition) is 3. The highest BCUT2D eigenvalue weighted by Gasteiger charge is 2.16. The van der Waals surface area contributed by atoms with Crippen molar-refractivity contribution in [1.82, 2.24) is 9.97 Å². The molecule has 0 saturated heterocycles. The molecule has 2 rings (SSSR count). The summed E-state index contributed by atoms with van der Waals surface area (Å²) < 4.78 is 0. The van der Waals surface area contributed by atoms with Crippen LogP contribution in [-0.4, -0.2) is 9.97 Å². The van der Waals surface area contributed by atoms with Gasteiger partial charge in [0.1, 0.15) is 12.1 Å². The third-order valence-corrected chi connectivity index (χ3v) is 3.59. The molecule has 3 nitrogen and oxygen atoms in total. The van der Waals surface area contributed by atoms with Gasteiger partial charge in [0.05, 0.1) is 5.69 Å². The van der Waals surface area contributed by atoms with Crippen molar-refractivity contribution in [2.24, 2.45) is 0 Å². The molecule has 0 unspecified atom stereocenters. The van der Waals surface area contributed by atoms with Crippen LogP contribution < -0.4 is 5.73 Å². The third kappa shape index (κ3) is 2.46. The van der Waals surface area contributed by atoms with Gasteiger partial charge in [0.25, 0.3) is 0 Å². The number of nitrogens with two attached hydrogens (primary N) is 1. The van der Waals surface area contributed by atoms with Gasteiger partial charge in [-0.05, 0) is 49.4 Å². The first-order valence-corrected chi connectivity index (χ1v) is 6.60. The van der Waals surface area contributed by atoms with E-state index in [0.29, 0.717) is 11.7 Å². The molecule has 1 aromatic heterocycles. The number of aromatic nitrogens is 2. The largest absolute Gasteiger partial charge is 0.383 e. The van der Waals surface area contributed by atoms with Crippen LogP contribution in [0.5, 0.6) is 0 Å². The van der Waals surface area contributed by atoms with Crippen molar-refractivity contribution in [2.45, 2.75) is 40.5 Å². The monoisotopic (exact) mass is 255 g/mol. The lowest BCUT2D eigenvalue weighted by molar-refractivity contribution is 0.854. The van der Waals surface area contributed by atoms with E-state index in [-0.39, 0.29) is 0 Å². The summed E-state index contributed by atoms with van der Waals surface area (Å²) in [6, 6.07) is 4.39. The SMILES string of the molecule is Cc1cc(C)c(-c2ncnc(N)c2C(C)C)cc1C. The zero-order valence-corrected chi connectivity index (χ0v) is 12.3. The molecule has 1 heterocycles. The average molecular weight is 255 g/mol. The number of nitrogens with zero attached hydrogens (tertiary/aromatic N) is 2. The molecule has 100 valence electrons. The van der Waals surface area contributed by atoms with E-state index in [0.717, 1.165) is 16.8 Å². The molecular formula is C16H21N3. The molecule has 0 bridgehead atoms. The Morgan fingerprint density at radius 1 is 0.947 bits per heavy atom. The summed E-state index contributed by atoms with van der Waals surface area (Å²) in [5.41, 5.74) is 13.0. The second-order valence-electron chi connectivity index (χ2n) is 5.43. The minimum absolute atomic E-state index is 0.303. The second-order valence-corrected chi connectivity index (χ2v) is 5.43. The van der Waals surface area contributed by atoms with E-state index in [2.05, 4.69) is 56.7 Å². The number of anilines is 1. The number of hydrogen-bond donors (Lipinski definition) is 1. The quantitative estimate of drug-likeness (QED) is 0.888. The first-order chi connectivity index (χ1) is 8.91. The summed E-state index contributed by atoms with van der Waals surface area (Å²) in [7, 11) is 0. The zero-order valence-electron chi connectivity index (χ0n) is 12.3. The maximum absolute atomic E-state index is 6.03. The molecular weight excluding hydrogens is 234 g/mol. The summed E-state index contributed by atoms with van der Waals surface area (Å²) in [6.45, 7) is 10.6. The molecule has 0 spiro atoms. The molecule has 1 aromatic carbocycles. The molecule has 0 aliphatic heterocycles. The minimum atomic E-state index is 0.303. The lowest BCUT2D eigenvalue weighted by atomic mass is 9.92. The van der Waals surface area contributed by atoms with E-state index in [1.165, 1.54) is 16.7 Å². The number of aryl methyl sites for hydroxylation is 3. The van der Waals surface area contributed by atoms with Crippen molar-refractivity contribution in [3.63, 3.8) is 0 Å². The van der Waals surface area contributed by atoms with Crippen LogP contribution >= 0.6 is 0 Å². The van der Waals surface area contributed by atoms with Crippen LogP contribution in [0.3, 0.4) is 0 Å². The lowest BCUT2D eigenvalue weighted by Crippen LogP contribution is -2.05. The van der Waals surface area contributed by atoms with Gasteiger partial charge in [-0.3, -0.25) is 0 Å². The first-order valence-electron chi connectivity index (χ1n) is 6.60. The van der Waals surface area contributed by atoms with Crippen LogP contribution in [0, 0.1) is 20.8 Å². The van der Waals surface area contributed by atoms with E-state index in [1.807, 2.05) is 0 Å². The molecule has 0 radical (unpaired) electrons. The predicted molar refractivity (Wildman–Crippen MR) is 80.2 cm³/mol. The maximum atomic E-state index is 6.03. The Bertz CT molecular complexity index is 616. The summed E-state index contributed by atoms with van der Waals surface area (Å²) in [6.07, 6.45) is 1.55. The third-order valence-electron chi connectivity index (χ3n) is 3.59. The molecule has 0 amide bonds. The Kier molecular flexibility index (Phi) is 3.56. The topological polar surface area (TPSA) is 51.8 Å². The summed E-state index contributed by atoms with van der Waals surface area (Å²) in [5, 5.41) is 0. The van der Waals surface area contributed by atoms with Crippen LogP contribution in [0.15, 0.2) is 18.5 Å². The van der Waals surface area contributed by atoms with Crippen LogP contribution in [-0.2, 0) is 0 Å². The zero-order chi connectivity index (χ0) is 14.2. The fraction of sp³-hybridized carbons (Fsp3) is 0.375. The van der Waals surface area contributed by atoms with Gasteiger partial charge in [-0.25, -0.2) is 9.97 Å². The Morgan fingerprint density at radius 2 is 1.58 bits per heavy atom. The van der Waals surface area contributed by atoms with Gasteiger partial charge in [0, 0.05) is 11.1 Å². The highest BCUT2D eigenvalue weighted by Crippen LogP contribution is 2.33. The van der Waals surface area contributed by atoms with Gasteiger partial charge in [-0.1, -0.05) is 19.9 Å². The standard InChI is InChI=1S/C16H21N3/c1-9(2)14-15(18-8-19-16(14)17)13-7-11(4)10(3)6-12(13)5/h6-9H,1-5H3,(H2,17,18,19). The average Bonchev–Trinajstić information content (AvgIpc) is 2.33. The van der Waals surface area contributed by atoms with Crippen molar-refractivity contribution >= 4 is 5.82 Å². The molecule has 19 heavy (non-hydrogen) atoms. The van der Waals surface area contributed by atoms with Crippen molar-refractivity contribution < 1.29 is 0 Å². The molecule has 3 heteroatoms. The summed E-state index contributed by atoms with van der Waals surface area (Å²) in [4.78, 5) is 8.59. The van der Waals surface area contributed by atoms with E-state index < -0.39 is 0 Å². The van der Waals surface area contributed by atoms with Crippen molar-refractivity contribution in [2.75, 3.05) is 5.73 Å². The molecule has 2 N–H and O–H groups in total. The minimum Gasteiger partial charge on any atom is -0.383 e.